The van der Waals surface area contributed by atoms with Crippen LogP contribution in [0.4, 0.5) is 0 Å². The van der Waals surface area contributed by atoms with Gasteiger partial charge in [0, 0.05) is 36.2 Å². The monoisotopic (exact) mass is 302 g/mol. The van der Waals surface area contributed by atoms with E-state index in [2.05, 4.69) is 34.1 Å². The van der Waals surface area contributed by atoms with Crippen LogP contribution in [0.3, 0.4) is 0 Å². The summed E-state index contributed by atoms with van der Waals surface area (Å²) >= 11 is 0. The third kappa shape index (κ3) is 3.51. The number of ether oxygens (including phenoxy) is 1. The van der Waals surface area contributed by atoms with E-state index in [4.69, 9.17) is 4.74 Å². The number of nitrogens with one attached hydrogen (secondary N) is 1. The summed E-state index contributed by atoms with van der Waals surface area (Å²) in [6.45, 7) is 8.94. The number of aromatic amines is 1. The Balaban J connectivity index is 1.62. The maximum Gasteiger partial charge on any atom is 0.0900 e. The van der Waals surface area contributed by atoms with Crippen LogP contribution in [0.25, 0.3) is 10.9 Å². The van der Waals surface area contributed by atoms with E-state index in [0.29, 0.717) is 13.2 Å². The number of aromatic nitrogens is 1. The Kier molecular flexibility index (Phi) is 4.26. The molecular formula is C18H26N2O2. The molecule has 2 N–H and O–H groups in total. The van der Waals surface area contributed by atoms with E-state index >= 15 is 0 Å². The molecule has 1 atom stereocenters. The molecule has 22 heavy (non-hydrogen) atoms. The van der Waals surface area contributed by atoms with Crippen LogP contribution >= 0.6 is 0 Å². The fourth-order valence-corrected chi connectivity index (χ4v) is 3.10. The number of aliphatic hydroxyl groups is 1. The molecule has 1 aromatic carbocycles. The topological polar surface area (TPSA) is 48.5 Å². The number of aliphatic hydroxyl groups excluding tert-OH is 1. The highest BCUT2D eigenvalue weighted by Gasteiger charge is 2.22. The Bertz CT molecular complexity index is 642. The zero-order valence-corrected chi connectivity index (χ0v) is 13.7. The van der Waals surface area contributed by atoms with Gasteiger partial charge in [-0.2, -0.15) is 0 Å². The summed E-state index contributed by atoms with van der Waals surface area (Å²) in [5.74, 6) is 0. The molecule has 0 saturated carbocycles. The minimum Gasteiger partial charge on any atom is -0.389 e. The molecule has 0 fully saturated rings. The van der Waals surface area contributed by atoms with E-state index in [1.54, 1.807) is 0 Å². The fourth-order valence-electron chi connectivity index (χ4n) is 3.10. The molecule has 0 saturated heterocycles. The molecule has 2 heterocycles. The molecule has 120 valence electrons. The summed E-state index contributed by atoms with van der Waals surface area (Å²) in [5.41, 5.74) is 3.74. The molecule has 0 aliphatic carbocycles. The molecule has 2 aromatic rings. The molecule has 4 nitrogen and oxygen atoms in total. The van der Waals surface area contributed by atoms with Crippen molar-refractivity contribution < 1.29 is 9.84 Å². The number of hydrogen-bond donors (Lipinski definition) is 2. The third-order valence-corrected chi connectivity index (χ3v) is 4.14. The van der Waals surface area contributed by atoms with Gasteiger partial charge in [-0.25, -0.2) is 0 Å². The first-order chi connectivity index (χ1) is 10.4. The van der Waals surface area contributed by atoms with Crippen molar-refractivity contribution >= 4 is 10.9 Å². The van der Waals surface area contributed by atoms with Gasteiger partial charge in [-0.1, -0.05) is 18.2 Å². The standard InChI is InChI=1S/C18H26N2O2/c1-18(2,3)22-12-13(21)10-20-9-8-15-14-6-4-5-7-16(14)19-17(15)11-20/h4-7,13,19,21H,8-12H2,1-3H3. The van der Waals surface area contributed by atoms with Crippen LogP contribution < -0.4 is 0 Å². The van der Waals surface area contributed by atoms with Crippen LogP contribution in [0.2, 0.25) is 0 Å². The van der Waals surface area contributed by atoms with E-state index in [-0.39, 0.29) is 5.60 Å². The summed E-state index contributed by atoms with van der Waals surface area (Å²) in [7, 11) is 0. The average molecular weight is 302 g/mol. The van der Waals surface area contributed by atoms with Crippen LogP contribution in [-0.4, -0.2) is 46.4 Å². The molecule has 1 aromatic heterocycles. The second-order valence-corrected chi connectivity index (χ2v) is 7.19. The normalized spacial score (nSPS) is 17.6. The van der Waals surface area contributed by atoms with Crippen molar-refractivity contribution in [1.82, 2.24) is 9.88 Å². The maximum absolute atomic E-state index is 10.2. The van der Waals surface area contributed by atoms with Gasteiger partial charge in [0.15, 0.2) is 0 Å². The Hall–Kier alpha value is -1.36. The first kappa shape index (κ1) is 15.5. The number of fused-ring (bicyclic) bond motifs is 3. The minimum atomic E-state index is -0.440. The molecule has 1 aliphatic heterocycles. The van der Waals surface area contributed by atoms with E-state index in [1.807, 2.05) is 20.8 Å². The predicted molar refractivity (Wildman–Crippen MR) is 89.0 cm³/mol. The highest BCUT2D eigenvalue weighted by Crippen LogP contribution is 2.27. The van der Waals surface area contributed by atoms with Crippen LogP contribution in [0.5, 0.6) is 0 Å². The number of β-amino-alcohol motifs (C(OH)–C–C–N with tert-alkyl or cyclic N) is 1. The second kappa shape index (κ2) is 6.03. The minimum absolute atomic E-state index is 0.201. The van der Waals surface area contributed by atoms with Crippen molar-refractivity contribution in [1.29, 1.82) is 0 Å². The molecule has 0 radical (unpaired) electrons. The number of nitrogens with zero attached hydrogens (tertiary/aromatic N) is 1. The Morgan fingerprint density at radius 1 is 1.32 bits per heavy atom. The van der Waals surface area contributed by atoms with Gasteiger partial charge in [0.1, 0.15) is 0 Å². The van der Waals surface area contributed by atoms with Gasteiger partial charge < -0.3 is 14.8 Å². The Morgan fingerprint density at radius 3 is 2.86 bits per heavy atom. The van der Waals surface area contributed by atoms with Gasteiger partial charge in [-0.15, -0.1) is 0 Å². The molecule has 3 rings (SSSR count). The van der Waals surface area contributed by atoms with Crippen LogP contribution in [0.15, 0.2) is 24.3 Å². The van der Waals surface area contributed by atoms with Crippen molar-refractivity contribution in [2.24, 2.45) is 0 Å². The highest BCUT2D eigenvalue weighted by atomic mass is 16.5. The van der Waals surface area contributed by atoms with Gasteiger partial charge in [-0.05, 0) is 38.8 Å². The third-order valence-electron chi connectivity index (χ3n) is 4.14. The first-order valence-electron chi connectivity index (χ1n) is 8.05. The molecule has 4 heteroatoms. The van der Waals surface area contributed by atoms with Crippen LogP contribution in [-0.2, 0) is 17.7 Å². The zero-order chi connectivity index (χ0) is 15.7. The number of hydrogen-bond acceptors (Lipinski definition) is 3. The Morgan fingerprint density at radius 2 is 2.09 bits per heavy atom. The molecule has 0 spiro atoms. The lowest BCUT2D eigenvalue weighted by molar-refractivity contribution is -0.0570. The van der Waals surface area contributed by atoms with Gasteiger partial charge in [0.2, 0.25) is 0 Å². The Labute approximate surface area is 132 Å². The van der Waals surface area contributed by atoms with Crippen LogP contribution in [0, 0.1) is 0 Å². The lowest BCUT2D eigenvalue weighted by Crippen LogP contribution is -2.39. The summed E-state index contributed by atoms with van der Waals surface area (Å²) in [4.78, 5) is 5.82. The van der Waals surface area contributed by atoms with Crippen molar-refractivity contribution in [2.75, 3.05) is 19.7 Å². The van der Waals surface area contributed by atoms with E-state index in [0.717, 1.165) is 19.5 Å². The largest absolute Gasteiger partial charge is 0.389 e. The van der Waals surface area contributed by atoms with Gasteiger partial charge in [0.05, 0.1) is 18.3 Å². The average Bonchev–Trinajstić information content (AvgIpc) is 2.82. The zero-order valence-electron chi connectivity index (χ0n) is 13.7. The summed E-state index contributed by atoms with van der Waals surface area (Å²) in [6, 6.07) is 8.47. The number of H-pyrrole nitrogens is 1. The lowest BCUT2D eigenvalue weighted by atomic mass is 10.0. The second-order valence-electron chi connectivity index (χ2n) is 7.19. The van der Waals surface area contributed by atoms with Gasteiger partial charge in [-0.3, -0.25) is 4.90 Å². The number of para-hydroxylation sites is 1. The summed E-state index contributed by atoms with van der Waals surface area (Å²) in [5, 5.41) is 11.5. The first-order valence-corrected chi connectivity index (χ1v) is 8.05. The van der Waals surface area contributed by atoms with Crippen molar-refractivity contribution in [3.63, 3.8) is 0 Å². The molecule has 1 aliphatic rings. The number of rotatable bonds is 4. The quantitative estimate of drug-likeness (QED) is 0.913. The lowest BCUT2D eigenvalue weighted by Gasteiger charge is -2.30. The highest BCUT2D eigenvalue weighted by molar-refractivity contribution is 5.84. The maximum atomic E-state index is 10.2. The van der Waals surface area contributed by atoms with Gasteiger partial charge >= 0.3 is 0 Å². The molecular weight excluding hydrogens is 276 g/mol. The van der Waals surface area contributed by atoms with E-state index in [9.17, 15) is 5.11 Å². The smallest absolute Gasteiger partial charge is 0.0900 e. The van der Waals surface area contributed by atoms with Crippen LogP contribution in [0.1, 0.15) is 32.0 Å². The van der Waals surface area contributed by atoms with E-state index < -0.39 is 6.10 Å². The molecule has 1 unspecified atom stereocenters. The van der Waals surface area contributed by atoms with Crippen molar-refractivity contribution in [3.8, 4) is 0 Å². The van der Waals surface area contributed by atoms with Crippen molar-refractivity contribution in [3.05, 3.63) is 35.5 Å². The molecule has 0 amide bonds. The predicted octanol–water partition coefficient (Wildman–Crippen LogP) is 2.70. The summed E-state index contributed by atoms with van der Waals surface area (Å²) < 4.78 is 5.67. The molecule has 0 bridgehead atoms. The van der Waals surface area contributed by atoms with Crippen molar-refractivity contribution in [2.45, 2.75) is 45.4 Å². The van der Waals surface area contributed by atoms with Gasteiger partial charge in [0.25, 0.3) is 0 Å². The SMILES string of the molecule is CC(C)(C)OCC(O)CN1CCc2c([nH]c3ccccc23)C1. The van der Waals surface area contributed by atoms with E-state index in [1.165, 1.54) is 22.2 Å². The fraction of sp³-hybridized carbons (Fsp3) is 0.556. The summed E-state index contributed by atoms with van der Waals surface area (Å²) in [6.07, 6.45) is 0.594. The number of benzene rings is 1.